The fourth-order valence-electron chi connectivity index (χ4n) is 6.73. The molecule has 0 amide bonds. The molecular weight excluding hydrogens is 348 g/mol. The van der Waals surface area contributed by atoms with Crippen LogP contribution in [0.2, 0.25) is 0 Å². The van der Waals surface area contributed by atoms with E-state index in [0.29, 0.717) is 6.42 Å². The molecule has 0 saturated heterocycles. The van der Waals surface area contributed by atoms with Crippen molar-refractivity contribution in [3.05, 3.63) is 35.6 Å². The maximum atomic E-state index is 12.4. The van der Waals surface area contributed by atoms with Crippen molar-refractivity contribution in [2.24, 2.45) is 28.6 Å². The van der Waals surface area contributed by atoms with E-state index in [9.17, 15) is 30.3 Å². The molecule has 2 fully saturated rings. The van der Waals surface area contributed by atoms with E-state index >= 15 is 0 Å². The van der Waals surface area contributed by atoms with Crippen LogP contribution in [0.1, 0.15) is 33.1 Å². The summed E-state index contributed by atoms with van der Waals surface area (Å²) in [7, 11) is 0. The first kappa shape index (κ1) is 18.9. The minimum atomic E-state index is -2.05. The molecule has 8 atom stereocenters. The predicted octanol–water partition coefficient (Wildman–Crippen LogP) is 1.01. The van der Waals surface area contributed by atoms with Gasteiger partial charge in [0.15, 0.2) is 11.4 Å². The topological polar surface area (TPSA) is 118 Å². The molecule has 0 aromatic carbocycles. The zero-order chi connectivity index (χ0) is 19.8. The number of aliphatic hydroxyl groups excluding tert-OH is 4. The summed E-state index contributed by atoms with van der Waals surface area (Å²) in [6.07, 6.45) is 6.38. The molecule has 0 spiro atoms. The van der Waals surface area contributed by atoms with Crippen molar-refractivity contribution >= 4 is 5.78 Å². The van der Waals surface area contributed by atoms with E-state index in [0.717, 1.165) is 5.57 Å². The van der Waals surface area contributed by atoms with Crippen molar-refractivity contribution < 1.29 is 30.3 Å². The standard InChI is InChI=1S/C21H28O6/c1-19-6-5-12(23)7-11(19)3-4-13-14-8-16(25)21(27,17(26)10-22)20(14,2)9-15(24)18(13)19/h3,5-7,13-16,18,22-25,27H,4,8-10H2,1-2H3/t13-,14-,15-,16+,18+,19-,20-,21-/m0/s1. The number of hydrogen-bond donors (Lipinski definition) is 5. The maximum Gasteiger partial charge on any atom is 0.192 e. The summed E-state index contributed by atoms with van der Waals surface area (Å²) in [5, 5.41) is 52.2. The van der Waals surface area contributed by atoms with Gasteiger partial charge in [-0.15, -0.1) is 0 Å². The van der Waals surface area contributed by atoms with Gasteiger partial charge >= 0.3 is 0 Å². The van der Waals surface area contributed by atoms with Gasteiger partial charge in [0, 0.05) is 16.7 Å². The van der Waals surface area contributed by atoms with Gasteiger partial charge in [-0.2, -0.15) is 0 Å². The van der Waals surface area contributed by atoms with E-state index in [2.05, 4.69) is 6.08 Å². The molecule has 0 aromatic heterocycles. The van der Waals surface area contributed by atoms with Crippen molar-refractivity contribution in [2.75, 3.05) is 6.61 Å². The maximum absolute atomic E-state index is 12.4. The first-order valence-electron chi connectivity index (χ1n) is 9.63. The summed E-state index contributed by atoms with van der Waals surface area (Å²) in [6.45, 7) is 2.96. The van der Waals surface area contributed by atoms with Crippen molar-refractivity contribution in [3.8, 4) is 0 Å². The Hall–Kier alpha value is -1.47. The summed E-state index contributed by atoms with van der Waals surface area (Å²) in [5.74, 6) is -0.930. The molecule has 4 aliphatic carbocycles. The normalized spacial score (nSPS) is 51.0. The van der Waals surface area contributed by atoms with Gasteiger partial charge in [-0.05, 0) is 48.8 Å². The Balaban J connectivity index is 1.80. The molecule has 4 rings (SSSR count). The Kier molecular flexibility index (Phi) is 4.03. The Morgan fingerprint density at radius 1 is 1.30 bits per heavy atom. The molecule has 6 nitrogen and oxygen atoms in total. The average Bonchev–Trinajstić information content (AvgIpc) is 2.82. The molecular formula is C21H28O6. The minimum Gasteiger partial charge on any atom is -0.508 e. The molecule has 27 heavy (non-hydrogen) atoms. The Labute approximate surface area is 158 Å². The summed E-state index contributed by atoms with van der Waals surface area (Å²) >= 11 is 0. The molecule has 5 N–H and O–H groups in total. The van der Waals surface area contributed by atoms with E-state index in [4.69, 9.17) is 0 Å². The zero-order valence-corrected chi connectivity index (χ0v) is 15.7. The summed E-state index contributed by atoms with van der Waals surface area (Å²) < 4.78 is 0. The van der Waals surface area contributed by atoms with Crippen molar-refractivity contribution in [2.45, 2.75) is 50.9 Å². The van der Waals surface area contributed by atoms with E-state index < -0.39 is 41.0 Å². The van der Waals surface area contributed by atoms with Gasteiger partial charge in [0.2, 0.25) is 0 Å². The number of allylic oxidation sites excluding steroid dienone is 5. The van der Waals surface area contributed by atoms with Gasteiger partial charge in [-0.1, -0.05) is 26.0 Å². The number of rotatable bonds is 2. The van der Waals surface area contributed by atoms with Crippen LogP contribution < -0.4 is 0 Å². The highest BCUT2D eigenvalue weighted by molar-refractivity contribution is 5.90. The van der Waals surface area contributed by atoms with Crippen LogP contribution in [0.5, 0.6) is 0 Å². The van der Waals surface area contributed by atoms with Gasteiger partial charge in [0.25, 0.3) is 0 Å². The molecule has 2 saturated carbocycles. The molecule has 0 bridgehead atoms. The molecule has 6 heteroatoms. The van der Waals surface area contributed by atoms with Gasteiger partial charge in [-0.25, -0.2) is 0 Å². The number of hydrogen-bond acceptors (Lipinski definition) is 6. The van der Waals surface area contributed by atoms with E-state index in [1.807, 2.05) is 13.0 Å². The third-order valence-corrected chi connectivity index (χ3v) is 8.07. The van der Waals surface area contributed by atoms with Crippen molar-refractivity contribution in [1.82, 2.24) is 0 Å². The van der Waals surface area contributed by atoms with Crippen LogP contribution in [-0.2, 0) is 4.79 Å². The highest BCUT2D eigenvalue weighted by Crippen LogP contribution is 2.66. The van der Waals surface area contributed by atoms with Crippen LogP contribution in [0, 0.1) is 28.6 Å². The van der Waals surface area contributed by atoms with Crippen LogP contribution >= 0.6 is 0 Å². The molecule has 0 unspecified atom stereocenters. The monoisotopic (exact) mass is 376 g/mol. The lowest BCUT2D eigenvalue weighted by atomic mass is 9.47. The Morgan fingerprint density at radius 2 is 2.00 bits per heavy atom. The van der Waals surface area contributed by atoms with Crippen LogP contribution in [0.4, 0.5) is 0 Å². The number of carbonyl (C=O) groups excluding carboxylic acids is 1. The minimum absolute atomic E-state index is 0.0269. The number of ketones is 1. The van der Waals surface area contributed by atoms with Gasteiger partial charge < -0.3 is 25.5 Å². The molecule has 148 valence electrons. The second-order valence-corrected chi connectivity index (χ2v) is 9.16. The first-order chi connectivity index (χ1) is 12.6. The summed E-state index contributed by atoms with van der Waals surface area (Å²) in [5.41, 5.74) is -2.55. The highest BCUT2D eigenvalue weighted by Gasteiger charge is 2.71. The SMILES string of the molecule is C[C@]12C=CC(O)=CC1=CC[C@@H]1[C@@H]2[C@@H](O)C[C@@]2(C)[C@H]1C[C@@H](O)[C@]2(O)C(=O)CO. The summed E-state index contributed by atoms with van der Waals surface area (Å²) in [4.78, 5) is 12.4. The van der Waals surface area contributed by atoms with Crippen LogP contribution in [0.3, 0.4) is 0 Å². The summed E-state index contributed by atoms with van der Waals surface area (Å²) in [6, 6.07) is 0. The van der Waals surface area contributed by atoms with Gasteiger partial charge in [-0.3, -0.25) is 4.79 Å². The fourth-order valence-corrected chi connectivity index (χ4v) is 6.73. The largest absolute Gasteiger partial charge is 0.508 e. The lowest BCUT2D eigenvalue weighted by Crippen LogP contribution is -2.63. The highest BCUT2D eigenvalue weighted by atomic mass is 16.4. The lowest BCUT2D eigenvalue weighted by molar-refractivity contribution is -0.188. The fraction of sp³-hybridized carbons (Fsp3) is 0.667. The predicted molar refractivity (Wildman–Crippen MR) is 97.5 cm³/mol. The molecule has 0 aliphatic heterocycles. The molecule has 0 aromatic rings. The number of Topliss-reactive ketones (excluding diaryl/α,β-unsaturated/α-hetero) is 1. The van der Waals surface area contributed by atoms with Crippen molar-refractivity contribution in [1.29, 1.82) is 0 Å². The Bertz CT molecular complexity index is 769. The third kappa shape index (κ3) is 2.18. The van der Waals surface area contributed by atoms with Crippen molar-refractivity contribution in [3.63, 3.8) is 0 Å². The second-order valence-electron chi connectivity index (χ2n) is 9.16. The van der Waals surface area contributed by atoms with Crippen LogP contribution in [0.15, 0.2) is 35.6 Å². The zero-order valence-electron chi connectivity index (χ0n) is 15.7. The van der Waals surface area contributed by atoms with E-state index in [-0.39, 0.29) is 36.4 Å². The first-order valence-corrected chi connectivity index (χ1v) is 9.63. The quantitative estimate of drug-likeness (QED) is 0.491. The molecule has 0 heterocycles. The van der Waals surface area contributed by atoms with Gasteiger partial charge in [0.1, 0.15) is 12.4 Å². The second kappa shape index (κ2) is 5.77. The van der Waals surface area contributed by atoms with Gasteiger partial charge in [0.05, 0.1) is 12.2 Å². The number of aliphatic hydroxyl groups is 5. The number of carbonyl (C=O) groups is 1. The lowest BCUT2D eigenvalue weighted by Gasteiger charge is -2.58. The smallest absolute Gasteiger partial charge is 0.192 e. The van der Waals surface area contributed by atoms with Crippen LogP contribution in [-0.4, -0.2) is 55.7 Å². The third-order valence-electron chi connectivity index (χ3n) is 8.07. The average molecular weight is 376 g/mol. The number of fused-ring (bicyclic) bond motifs is 5. The molecule has 0 radical (unpaired) electrons. The van der Waals surface area contributed by atoms with Crippen LogP contribution in [0.25, 0.3) is 0 Å². The Morgan fingerprint density at radius 3 is 2.67 bits per heavy atom. The molecule has 4 aliphatic rings. The van der Waals surface area contributed by atoms with E-state index in [1.165, 1.54) is 0 Å². The van der Waals surface area contributed by atoms with E-state index in [1.54, 1.807) is 19.1 Å².